The maximum Gasteiger partial charge on any atom is 0.328 e. The first-order valence-electron chi connectivity index (χ1n) is 10.0. The van der Waals surface area contributed by atoms with Crippen molar-refractivity contribution in [2.75, 3.05) is 26.1 Å². The van der Waals surface area contributed by atoms with E-state index in [0.29, 0.717) is 38.1 Å². The SMILES string of the molecule is COC(=O)[C@H](C)N1C(=O)S/C(=C/c2cc(I)c(OCC(=O)Nc3ccc(F)cc3)c(OC)c2)C1=O. The van der Waals surface area contributed by atoms with Crippen LogP contribution in [0.1, 0.15) is 12.5 Å². The summed E-state index contributed by atoms with van der Waals surface area (Å²) >= 11 is 2.71. The predicted molar refractivity (Wildman–Crippen MR) is 136 cm³/mol. The Morgan fingerprint density at radius 3 is 2.51 bits per heavy atom. The number of benzene rings is 2. The molecule has 0 saturated carbocycles. The van der Waals surface area contributed by atoms with Crippen LogP contribution in [0.3, 0.4) is 0 Å². The molecule has 3 amide bonds. The first-order chi connectivity index (χ1) is 16.6. The van der Waals surface area contributed by atoms with Crippen LogP contribution in [0.5, 0.6) is 11.5 Å². The van der Waals surface area contributed by atoms with Gasteiger partial charge in [-0.1, -0.05) is 0 Å². The van der Waals surface area contributed by atoms with Gasteiger partial charge >= 0.3 is 5.97 Å². The predicted octanol–water partition coefficient (Wildman–Crippen LogP) is 4.05. The quantitative estimate of drug-likeness (QED) is 0.270. The molecule has 1 heterocycles. The fraction of sp³-hybridized carbons (Fsp3) is 0.217. The Hall–Kier alpha value is -3.13. The van der Waals surface area contributed by atoms with Crippen LogP contribution in [0.2, 0.25) is 0 Å². The number of nitrogens with zero attached hydrogens (tertiary/aromatic N) is 1. The third kappa shape index (κ3) is 6.31. The number of carbonyl (C=O) groups excluding carboxylic acids is 4. The number of rotatable bonds is 8. The van der Waals surface area contributed by atoms with Crippen LogP contribution in [-0.2, 0) is 19.1 Å². The van der Waals surface area contributed by atoms with E-state index < -0.39 is 34.9 Å². The average Bonchev–Trinajstić information content (AvgIpc) is 3.10. The van der Waals surface area contributed by atoms with Gasteiger partial charge in [-0.05, 0) is 89.3 Å². The molecule has 0 aliphatic carbocycles. The van der Waals surface area contributed by atoms with E-state index >= 15 is 0 Å². The zero-order valence-electron chi connectivity index (χ0n) is 18.8. The maximum atomic E-state index is 13.0. The fourth-order valence-electron chi connectivity index (χ4n) is 3.07. The number of carbonyl (C=O) groups is 4. The van der Waals surface area contributed by atoms with Crippen molar-refractivity contribution in [1.82, 2.24) is 4.90 Å². The molecule has 1 fully saturated rings. The van der Waals surface area contributed by atoms with Crippen molar-refractivity contribution < 1.29 is 37.8 Å². The Morgan fingerprint density at radius 2 is 1.89 bits per heavy atom. The van der Waals surface area contributed by atoms with Crippen molar-refractivity contribution in [3.63, 3.8) is 0 Å². The molecule has 1 N–H and O–H groups in total. The minimum Gasteiger partial charge on any atom is -0.493 e. The Morgan fingerprint density at radius 1 is 1.20 bits per heavy atom. The molecule has 1 atom stereocenters. The van der Waals surface area contributed by atoms with Gasteiger partial charge in [-0.15, -0.1) is 0 Å². The van der Waals surface area contributed by atoms with Crippen molar-refractivity contribution in [1.29, 1.82) is 0 Å². The lowest BCUT2D eigenvalue weighted by atomic mass is 10.1. The van der Waals surface area contributed by atoms with Gasteiger partial charge in [0.25, 0.3) is 17.1 Å². The summed E-state index contributed by atoms with van der Waals surface area (Å²) in [7, 11) is 2.60. The average molecular weight is 614 g/mol. The zero-order chi connectivity index (χ0) is 25.7. The smallest absolute Gasteiger partial charge is 0.328 e. The molecular weight excluding hydrogens is 594 g/mol. The Balaban J connectivity index is 1.75. The van der Waals surface area contributed by atoms with Crippen molar-refractivity contribution in [3.8, 4) is 11.5 Å². The van der Waals surface area contributed by atoms with Crippen LogP contribution in [0.25, 0.3) is 6.08 Å². The number of hydrogen-bond donors (Lipinski definition) is 1. The molecule has 3 rings (SSSR count). The van der Waals surface area contributed by atoms with E-state index in [4.69, 9.17) is 9.47 Å². The molecule has 35 heavy (non-hydrogen) atoms. The molecule has 0 spiro atoms. The molecule has 1 aliphatic heterocycles. The van der Waals surface area contributed by atoms with E-state index in [0.717, 1.165) is 4.90 Å². The highest BCUT2D eigenvalue weighted by atomic mass is 127. The van der Waals surface area contributed by atoms with E-state index in [9.17, 15) is 23.6 Å². The number of imide groups is 1. The largest absolute Gasteiger partial charge is 0.493 e. The zero-order valence-corrected chi connectivity index (χ0v) is 21.8. The van der Waals surface area contributed by atoms with Gasteiger partial charge in [-0.3, -0.25) is 19.3 Å². The number of ether oxygens (including phenoxy) is 3. The van der Waals surface area contributed by atoms with Crippen LogP contribution < -0.4 is 14.8 Å². The molecule has 9 nitrogen and oxygen atoms in total. The van der Waals surface area contributed by atoms with Crippen LogP contribution in [0.15, 0.2) is 41.3 Å². The number of esters is 1. The standard InChI is InChI=1S/C23H20FIN2O7S/c1-12(22(30)33-3)27-21(29)18(35-23(27)31)10-13-8-16(25)20(17(9-13)32-2)34-11-19(28)26-15-6-4-14(24)5-7-15/h4-10,12H,11H2,1-3H3,(H,26,28)/b18-10+/t12-/m0/s1. The topological polar surface area (TPSA) is 111 Å². The lowest BCUT2D eigenvalue weighted by molar-refractivity contribution is -0.148. The highest BCUT2D eigenvalue weighted by Gasteiger charge is 2.41. The number of methoxy groups -OCH3 is 2. The molecule has 0 unspecified atom stereocenters. The van der Waals surface area contributed by atoms with Gasteiger partial charge in [0.1, 0.15) is 11.9 Å². The molecule has 12 heteroatoms. The normalized spacial score (nSPS) is 15.2. The van der Waals surface area contributed by atoms with Gasteiger partial charge in [0.15, 0.2) is 18.1 Å². The highest BCUT2D eigenvalue weighted by molar-refractivity contribution is 14.1. The number of thioether (sulfide) groups is 1. The van der Waals surface area contributed by atoms with E-state index in [1.807, 2.05) is 22.6 Å². The summed E-state index contributed by atoms with van der Waals surface area (Å²) < 4.78 is 29.2. The van der Waals surface area contributed by atoms with Gasteiger partial charge in [-0.2, -0.15) is 0 Å². The molecule has 1 aliphatic rings. The van der Waals surface area contributed by atoms with Crippen molar-refractivity contribution in [2.45, 2.75) is 13.0 Å². The summed E-state index contributed by atoms with van der Waals surface area (Å²) in [6.07, 6.45) is 1.50. The van der Waals surface area contributed by atoms with E-state index in [-0.39, 0.29) is 11.5 Å². The second-order valence-corrected chi connectivity index (χ2v) is 9.28. The maximum absolute atomic E-state index is 13.0. The number of hydrogen-bond acceptors (Lipinski definition) is 8. The van der Waals surface area contributed by atoms with Crippen molar-refractivity contribution in [3.05, 3.63) is 56.3 Å². The van der Waals surface area contributed by atoms with Crippen molar-refractivity contribution >= 4 is 69.1 Å². The first-order valence-corrected chi connectivity index (χ1v) is 11.9. The molecule has 0 aromatic heterocycles. The Labute approximate surface area is 218 Å². The van der Waals surface area contributed by atoms with Crippen LogP contribution in [0.4, 0.5) is 14.9 Å². The first kappa shape index (κ1) is 26.5. The van der Waals surface area contributed by atoms with E-state index in [1.54, 1.807) is 12.1 Å². The molecule has 2 aromatic carbocycles. The lowest BCUT2D eigenvalue weighted by Gasteiger charge is -2.18. The van der Waals surface area contributed by atoms with Gasteiger partial charge in [-0.25, -0.2) is 9.18 Å². The van der Waals surface area contributed by atoms with Gasteiger partial charge in [0, 0.05) is 5.69 Å². The van der Waals surface area contributed by atoms with Crippen LogP contribution in [0, 0.1) is 9.39 Å². The third-order valence-electron chi connectivity index (χ3n) is 4.78. The fourth-order valence-corrected chi connectivity index (χ4v) is 4.76. The number of nitrogens with one attached hydrogen (secondary N) is 1. The molecule has 0 radical (unpaired) electrons. The number of amides is 3. The number of anilines is 1. The van der Waals surface area contributed by atoms with Gasteiger partial charge in [0.05, 0.1) is 22.7 Å². The summed E-state index contributed by atoms with van der Waals surface area (Å²) in [5.41, 5.74) is 0.970. The van der Waals surface area contributed by atoms with Crippen LogP contribution >= 0.6 is 34.4 Å². The third-order valence-corrected chi connectivity index (χ3v) is 6.46. The van der Waals surface area contributed by atoms with E-state index in [2.05, 4.69) is 10.1 Å². The molecule has 184 valence electrons. The molecular formula is C23H20FIN2O7S. The molecule has 0 bridgehead atoms. The Bertz CT molecular complexity index is 1200. The minimum atomic E-state index is -1.05. The van der Waals surface area contributed by atoms with Gasteiger partial charge < -0.3 is 19.5 Å². The van der Waals surface area contributed by atoms with Gasteiger partial charge in [0.2, 0.25) is 0 Å². The highest BCUT2D eigenvalue weighted by Crippen LogP contribution is 2.38. The second kappa shape index (κ2) is 11.5. The van der Waals surface area contributed by atoms with E-state index in [1.165, 1.54) is 51.5 Å². The second-order valence-electron chi connectivity index (χ2n) is 7.13. The molecule has 1 saturated heterocycles. The summed E-state index contributed by atoms with van der Waals surface area (Å²) in [6.45, 7) is 1.09. The van der Waals surface area contributed by atoms with Crippen LogP contribution in [-0.4, -0.2) is 54.8 Å². The van der Waals surface area contributed by atoms with Crippen molar-refractivity contribution in [2.24, 2.45) is 0 Å². The lowest BCUT2D eigenvalue weighted by Crippen LogP contribution is -2.42. The summed E-state index contributed by atoms with van der Waals surface area (Å²) in [5, 5.41) is 2.02. The summed E-state index contributed by atoms with van der Waals surface area (Å²) in [4.78, 5) is 50.0. The minimum absolute atomic E-state index is 0.135. The summed E-state index contributed by atoms with van der Waals surface area (Å²) in [6, 6.07) is 7.55. The summed E-state index contributed by atoms with van der Waals surface area (Å²) in [5.74, 6) is -1.56. The Kier molecular flexibility index (Phi) is 8.72. The molecule has 2 aromatic rings. The monoisotopic (exact) mass is 614 g/mol. The number of halogens is 2.